The van der Waals surface area contributed by atoms with E-state index in [4.69, 9.17) is 9.47 Å². The molecule has 0 saturated heterocycles. The molecule has 0 unspecified atom stereocenters. The summed E-state index contributed by atoms with van der Waals surface area (Å²) in [5.41, 5.74) is 2.01. The minimum atomic E-state index is -0.379. The number of methoxy groups -OCH3 is 2. The first-order valence-electron chi connectivity index (χ1n) is 9.14. The smallest absolute Gasteiger partial charge is 0.266 e. The van der Waals surface area contributed by atoms with Gasteiger partial charge >= 0.3 is 0 Å². The van der Waals surface area contributed by atoms with Crippen LogP contribution in [0.1, 0.15) is 31.1 Å². The Kier molecular flexibility index (Phi) is 4.93. The van der Waals surface area contributed by atoms with Crippen LogP contribution >= 0.6 is 0 Å². The lowest BCUT2D eigenvalue weighted by atomic mass is 10.1. The second-order valence-corrected chi connectivity index (χ2v) is 6.56. The summed E-state index contributed by atoms with van der Waals surface area (Å²) in [6.45, 7) is 0. The zero-order chi connectivity index (χ0) is 21.3. The molecule has 30 heavy (non-hydrogen) atoms. The zero-order valence-electron chi connectivity index (χ0n) is 16.3. The number of hydrogen-bond acceptors (Lipinski definition) is 5. The molecule has 0 bridgehead atoms. The maximum absolute atomic E-state index is 12.6. The molecule has 7 nitrogen and oxygen atoms in total. The van der Waals surface area contributed by atoms with Crippen LogP contribution in [0.15, 0.2) is 66.7 Å². The Morgan fingerprint density at radius 3 is 2.03 bits per heavy atom. The molecule has 7 heteroatoms. The van der Waals surface area contributed by atoms with Gasteiger partial charge in [-0.15, -0.1) is 0 Å². The first-order valence-corrected chi connectivity index (χ1v) is 9.14. The van der Waals surface area contributed by atoms with E-state index in [9.17, 15) is 14.4 Å². The Morgan fingerprint density at radius 2 is 1.47 bits per heavy atom. The number of carbonyl (C=O) groups is 3. The molecule has 1 aliphatic heterocycles. The average molecular weight is 402 g/mol. The van der Waals surface area contributed by atoms with Crippen molar-refractivity contribution in [2.45, 2.75) is 0 Å². The largest absolute Gasteiger partial charge is 0.497 e. The van der Waals surface area contributed by atoms with Gasteiger partial charge in [-0.2, -0.15) is 0 Å². The molecule has 1 heterocycles. The average Bonchev–Trinajstić information content (AvgIpc) is 3.04. The molecule has 0 radical (unpaired) electrons. The van der Waals surface area contributed by atoms with Crippen LogP contribution in [0.4, 0.5) is 11.4 Å². The minimum absolute atomic E-state index is 0.354. The van der Waals surface area contributed by atoms with Crippen molar-refractivity contribution in [3.05, 3.63) is 83.4 Å². The van der Waals surface area contributed by atoms with Gasteiger partial charge in [0.15, 0.2) is 0 Å². The highest BCUT2D eigenvalue weighted by Crippen LogP contribution is 2.30. The van der Waals surface area contributed by atoms with E-state index in [2.05, 4.69) is 5.32 Å². The predicted octanol–water partition coefficient (Wildman–Crippen LogP) is 3.76. The van der Waals surface area contributed by atoms with E-state index in [1.54, 1.807) is 73.8 Å². The van der Waals surface area contributed by atoms with E-state index in [0.29, 0.717) is 39.6 Å². The lowest BCUT2D eigenvalue weighted by molar-refractivity contribution is 0.0925. The minimum Gasteiger partial charge on any atom is -0.497 e. The number of nitrogens with one attached hydrogen (secondary N) is 1. The molecule has 3 amide bonds. The first-order chi connectivity index (χ1) is 14.5. The summed E-state index contributed by atoms with van der Waals surface area (Å²) in [5, 5.41) is 2.78. The zero-order valence-corrected chi connectivity index (χ0v) is 16.3. The topological polar surface area (TPSA) is 84.9 Å². The monoisotopic (exact) mass is 402 g/mol. The van der Waals surface area contributed by atoms with Crippen molar-refractivity contribution in [3.8, 4) is 11.5 Å². The van der Waals surface area contributed by atoms with Crippen molar-refractivity contribution in [1.29, 1.82) is 0 Å². The van der Waals surface area contributed by atoms with Crippen LogP contribution < -0.4 is 19.7 Å². The first kappa shape index (κ1) is 19.2. The molecule has 0 atom stereocenters. The van der Waals surface area contributed by atoms with Gasteiger partial charge in [0.25, 0.3) is 17.7 Å². The van der Waals surface area contributed by atoms with E-state index in [0.717, 1.165) is 4.90 Å². The third-order valence-corrected chi connectivity index (χ3v) is 4.84. The van der Waals surface area contributed by atoms with E-state index in [1.807, 2.05) is 0 Å². The molecule has 150 valence electrons. The fourth-order valence-electron chi connectivity index (χ4n) is 3.28. The van der Waals surface area contributed by atoms with Gasteiger partial charge < -0.3 is 14.8 Å². The molecule has 0 aliphatic carbocycles. The van der Waals surface area contributed by atoms with Crippen molar-refractivity contribution in [2.75, 3.05) is 24.4 Å². The molecule has 3 aromatic carbocycles. The molecular weight excluding hydrogens is 384 g/mol. The van der Waals surface area contributed by atoms with Crippen LogP contribution in [0.5, 0.6) is 11.5 Å². The van der Waals surface area contributed by atoms with Gasteiger partial charge in [0, 0.05) is 11.6 Å². The lowest BCUT2D eigenvalue weighted by Gasteiger charge is -2.15. The number of hydrogen-bond donors (Lipinski definition) is 1. The predicted molar refractivity (Wildman–Crippen MR) is 112 cm³/mol. The van der Waals surface area contributed by atoms with E-state index in [-0.39, 0.29) is 17.7 Å². The lowest BCUT2D eigenvalue weighted by Crippen LogP contribution is -2.29. The number of anilines is 2. The Morgan fingerprint density at radius 1 is 0.833 bits per heavy atom. The van der Waals surface area contributed by atoms with Crippen LogP contribution in [0.2, 0.25) is 0 Å². The SMILES string of the molecule is COc1ccc(NC(=O)c2ccc(N3C(=O)c4ccccc4C3=O)cc2)c(OC)c1. The van der Waals surface area contributed by atoms with Crippen molar-refractivity contribution in [2.24, 2.45) is 0 Å². The molecule has 0 spiro atoms. The van der Waals surface area contributed by atoms with Gasteiger partial charge in [0.2, 0.25) is 0 Å². The van der Waals surface area contributed by atoms with Gasteiger partial charge in [0.1, 0.15) is 11.5 Å². The second-order valence-electron chi connectivity index (χ2n) is 6.56. The van der Waals surface area contributed by atoms with Crippen LogP contribution in [0, 0.1) is 0 Å². The van der Waals surface area contributed by atoms with Gasteiger partial charge in [-0.3, -0.25) is 14.4 Å². The number of benzene rings is 3. The maximum atomic E-state index is 12.6. The standard InChI is InChI=1S/C23H18N2O5/c1-29-16-11-12-19(20(13-16)30-2)24-21(26)14-7-9-15(10-8-14)25-22(27)17-5-3-4-6-18(17)23(25)28/h3-13H,1-2H3,(H,24,26). The van der Waals surface area contributed by atoms with Gasteiger partial charge in [-0.1, -0.05) is 12.1 Å². The van der Waals surface area contributed by atoms with Gasteiger partial charge in [-0.05, 0) is 48.5 Å². The number of rotatable bonds is 5. The Hall–Kier alpha value is -4.13. The third-order valence-electron chi connectivity index (χ3n) is 4.84. The second kappa shape index (κ2) is 7.71. The van der Waals surface area contributed by atoms with Gasteiger partial charge in [-0.25, -0.2) is 4.90 Å². The summed E-state index contributed by atoms with van der Waals surface area (Å²) in [5.74, 6) is -0.0422. The normalized spacial score (nSPS) is 12.5. The quantitative estimate of drug-likeness (QED) is 0.657. The number of ether oxygens (including phenoxy) is 2. The molecule has 3 aromatic rings. The van der Waals surface area contributed by atoms with E-state index in [1.165, 1.54) is 7.11 Å². The maximum Gasteiger partial charge on any atom is 0.266 e. The number of carbonyl (C=O) groups excluding carboxylic acids is 3. The van der Waals surface area contributed by atoms with Crippen LogP contribution in [0.25, 0.3) is 0 Å². The van der Waals surface area contributed by atoms with Crippen molar-refractivity contribution in [1.82, 2.24) is 0 Å². The summed E-state index contributed by atoms with van der Waals surface area (Å²) < 4.78 is 10.4. The van der Waals surface area contributed by atoms with Crippen molar-refractivity contribution >= 4 is 29.1 Å². The Labute approximate surface area is 172 Å². The number of imide groups is 1. The highest BCUT2D eigenvalue weighted by atomic mass is 16.5. The van der Waals surface area contributed by atoms with Gasteiger partial charge in [0.05, 0.1) is 36.7 Å². The van der Waals surface area contributed by atoms with Crippen molar-refractivity contribution in [3.63, 3.8) is 0 Å². The Balaban J connectivity index is 1.54. The highest BCUT2D eigenvalue weighted by Gasteiger charge is 2.36. The number of nitrogens with zero attached hydrogens (tertiary/aromatic N) is 1. The molecule has 1 aliphatic rings. The summed E-state index contributed by atoms with van der Waals surface area (Å²) >= 11 is 0. The fourth-order valence-corrected chi connectivity index (χ4v) is 3.28. The number of fused-ring (bicyclic) bond motifs is 1. The number of amides is 3. The Bertz CT molecular complexity index is 1120. The fraction of sp³-hybridized carbons (Fsp3) is 0.0870. The van der Waals surface area contributed by atoms with Crippen molar-refractivity contribution < 1.29 is 23.9 Å². The summed E-state index contributed by atoms with van der Waals surface area (Å²) in [6.07, 6.45) is 0. The summed E-state index contributed by atoms with van der Waals surface area (Å²) in [7, 11) is 3.05. The highest BCUT2D eigenvalue weighted by molar-refractivity contribution is 6.34. The summed E-state index contributed by atoms with van der Waals surface area (Å²) in [6, 6.07) is 18.0. The molecule has 0 saturated carbocycles. The summed E-state index contributed by atoms with van der Waals surface area (Å²) in [4.78, 5) is 38.9. The van der Waals surface area contributed by atoms with Crippen LogP contribution in [0.3, 0.4) is 0 Å². The molecule has 4 rings (SSSR count). The van der Waals surface area contributed by atoms with Crippen LogP contribution in [-0.2, 0) is 0 Å². The van der Waals surface area contributed by atoms with Crippen LogP contribution in [-0.4, -0.2) is 31.9 Å². The third kappa shape index (κ3) is 3.26. The molecule has 0 fully saturated rings. The van der Waals surface area contributed by atoms with E-state index < -0.39 is 0 Å². The molecular formula is C23H18N2O5. The molecule has 1 N–H and O–H groups in total. The van der Waals surface area contributed by atoms with E-state index >= 15 is 0 Å². The molecule has 0 aromatic heterocycles.